The lowest BCUT2D eigenvalue weighted by Gasteiger charge is -2.43. The summed E-state index contributed by atoms with van der Waals surface area (Å²) < 4.78 is 5.75. The van der Waals surface area contributed by atoms with E-state index in [1.807, 2.05) is 31.2 Å². The summed E-state index contributed by atoms with van der Waals surface area (Å²) in [5.41, 5.74) is 3.51. The van der Waals surface area contributed by atoms with Crippen LogP contribution in [0.25, 0.3) is 11.1 Å². The number of carbonyl (C=O) groups is 2. The number of carbonyl (C=O) groups excluding carboxylic acids is 1. The molecule has 1 aliphatic carbocycles. The number of rotatable bonds is 5. The molecular weight excluding hydrogens is 366 g/mol. The Kier molecular flexibility index (Phi) is 5.31. The van der Waals surface area contributed by atoms with Gasteiger partial charge in [0.05, 0.1) is 0 Å². The SMILES string of the molecule is CCCC1(C(=O)O)CCCCN1C(=O)OCC1c2ccccc2-c2ccccc21. The minimum Gasteiger partial charge on any atom is -0.479 e. The summed E-state index contributed by atoms with van der Waals surface area (Å²) in [5, 5.41) is 9.93. The quantitative estimate of drug-likeness (QED) is 0.772. The highest BCUT2D eigenvalue weighted by atomic mass is 16.6. The first kappa shape index (κ1) is 19.5. The van der Waals surface area contributed by atoms with Crippen molar-refractivity contribution in [1.29, 1.82) is 0 Å². The van der Waals surface area contributed by atoms with Crippen LogP contribution in [0.1, 0.15) is 56.1 Å². The predicted octanol–water partition coefficient (Wildman–Crippen LogP) is 5.04. The van der Waals surface area contributed by atoms with E-state index in [-0.39, 0.29) is 12.5 Å². The molecule has 1 fully saturated rings. The topological polar surface area (TPSA) is 66.8 Å². The van der Waals surface area contributed by atoms with Crippen LogP contribution < -0.4 is 0 Å². The molecule has 1 atom stereocenters. The average Bonchev–Trinajstić information content (AvgIpc) is 3.06. The highest BCUT2D eigenvalue weighted by Crippen LogP contribution is 2.44. The number of piperidine rings is 1. The number of benzene rings is 2. The molecule has 0 saturated carbocycles. The van der Waals surface area contributed by atoms with Crippen molar-refractivity contribution in [3.63, 3.8) is 0 Å². The Morgan fingerprint density at radius 1 is 1.07 bits per heavy atom. The van der Waals surface area contributed by atoms with Crippen molar-refractivity contribution in [2.75, 3.05) is 13.2 Å². The van der Waals surface area contributed by atoms with Gasteiger partial charge in [-0.2, -0.15) is 0 Å². The number of hydrogen-bond donors (Lipinski definition) is 1. The van der Waals surface area contributed by atoms with Crippen LogP contribution in [-0.2, 0) is 9.53 Å². The minimum atomic E-state index is -1.14. The molecule has 0 aromatic heterocycles. The summed E-state index contributed by atoms with van der Waals surface area (Å²) in [7, 11) is 0. The van der Waals surface area contributed by atoms with Crippen molar-refractivity contribution in [3.8, 4) is 11.1 Å². The minimum absolute atomic E-state index is 0.0263. The fraction of sp³-hybridized carbons (Fsp3) is 0.417. The number of likely N-dealkylation sites (tertiary alicyclic amines) is 1. The molecule has 0 bridgehead atoms. The maximum absolute atomic E-state index is 13.0. The molecule has 5 heteroatoms. The van der Waals surface area contributed by atoms with E-state index in [4.69, 9.17) is 4.74 Å². The molecule has 1 unspecified atom stereocenters. The smallest absolute Gasteiger partial charge is 0.410 e. The molecule has 0 spiro atoms. The number of carboxylic acids is 1. The molecule has 2 aromatic carbocycles. The van der Waals surface area contributed by atoms with Gasteiger partial charge in [0.1, 0.15) is 12.1 Å². The Morgan fingerprint density at radius 2 is 1.69 bits per heavy atom. The van der Waals surface area contributed by atoms with Crippen LogP contribution in [0.2, 0.25) is 0 Å². The monoisotopic (exact) mass is 393 g/mol. The van der Waals surface area contributed by atoms with Gasteiger partial charge in [-0.1, -0.05) is 61.9 Å². The van der Waals surface area contributed by atoms with Crippen molar-refractivity contribution in [1.82, 2.24) is 4.90 Å². The second-order valence-corrected chi connectivity index (χ2v) is 8.00. The van der Waals surface area contributed by atoms with Crippen LogP contribution >= 0.6 is 0 Å². The molecule has 1 aliphatic heterocycles. The summed E-state index contributed by atoms with van der Waals surface area (Å²) in [6, 6.07) is 16.4. The highest BCUT2D eigenvalue weighted by Gasteiger charge is 2.48. The Bertz CT molecular complexity index is 875. The molecule has 29 heavy (non-hydrogen) atoms. The molecule has 1 N–H and O–H groups in total. The first-order valence-electron chi connectivity index (χ1n) is 10.4. The molecular formula is C24H27NO4. The number of amides is 1. The van der Waals surface area contributed by atoms with E-state index < -0.39 is 17.6 Å². The predicted molar refractivity (Wildman–Crippen MR) is 111 cm³/mol. The van der Waals surface area contributed by atoms with Gasteiger partial charge >= 0.3 is 12.1 Å². The zero-order valence-electron chi connectivity index (χ0n) is 16.8. The first-order chi connectivity index (χ1) is 14.1. The van der Waals surface area contributed by atoms with Crippen LogP contribution in [0, 0.1) is 0 Å². The van der Waals surface area contributed by atoms with Gasteiger partial charge in [-0.05, 0) is 47.9 Å². The summed E-state index contributed by atoms with van der Waals surface area (Å²) in [5.74, 6) is -0.950. The standard InChI is InChI=1S/C24H27NO4/c1-2-13-24(22(26)27)14-7-8-15-25(24)23(28)29-16-21-19-11-5-3-9-17(19)18-10-4-6-12-20(18)21/h3-6,9-12,21H,2,7-8,13-16H2,1H3,(H,26,27). The number of nitrogens with zero attached hydrogens (tertiary/aromatic N) is 1. The summed E-state index contributed by atoms with van der Waals surface area (Å²) in [4.78, 5) is 26.6. The molecule has 4 rings (SSSR count). The van der Waals surface area contributed by atoms with E-state index in [2.05, 4.69) is 24.3 Å². The molecule has 2 aromatic rings. The van der Waals surface area contributed by atoms with Crippen LogP contribution in [0.5, 0.6) is 0 Å². The molecule has 0 radical (unpaired) electrons. The zero-order chi connectivity index (χ0) is 20.4. The highest BCUT2D eigenvalue weighted by molar-refractivity contribution is 5.85. The third kappa shape index (κ3) is 3.28. The Hall–Kier alpha value is -2.82. The van der Waals surface area contributed by atoms with Gasteiger partial charge in [0, 0.05) is 12.5 Å². The van der Waals surface area contributed by atoms with Gasteiger partial charge in [-0.25, -0.2) is 9.59 Å². The van der Waals surface area contributed by atoms with Crippen LogP contribution in [0.3, 0.4) is 0 Å². The van der Waals surface area contributed by atoms with Gasteiger partial charge in [-0.3, -0.25) is 4.90 Å². The normalized spacial score (nSPS) is 20.8. The molecule has 1 amide bonds. The second kappa shape index (κ2) is 7.90. The van der Waals surface area contributed by atoms with Gasteiger partial charge < -0.3 is 9.84 Å². The molecule has 5 nitrogen and oxygen atoms in total. The van der Waals surface area contributed by atoms with E-state index in [0.29, 0.717) is 25.8 Å². The third-order valence-electron chi connectivity index (χ3n) is 6.36. The van der Waals surface area contributed by atoms with Crippen molar-refractivity contribution in [2.45, 2.75) is 50.5 Å². The first-order valence-corrected chi connectivity index (χ1v) is 10.4. The summed E-state index contributed by atoms with van der Waals surface area (Å²) in [6.45, 7) is 2.60. The summed E-state index contributed by atoms with van der Waals surface area (Å²) in [6.07, 6.45) is 2.76. The third-order valence-corrected chi connectivity index (χ3v) is 6.36. The van der Waals surface area contributed by atoms with Gasteiger partial charge in [0.25, 0.3) is 0 Å². The lowest BCUT2D eigenvalue weighted by Crippen LogP contribution is -2.59. The van der Waals surface area contributed by atoms with E-state index in [1.165, 1.54) is 16.0 Å². The van der Waals surface area contributed by atoms with Gasteiger partial charge in [0.15, 0.2) is 0 Å². The van der Waals surface area contributed by atoms with Gasteiger partial charge in [-0.15, -0.1) is 0 Å². The Morgan fingerprint density at radius 3 is 2.28 bits per heavy atom. The fourth-order valence-electron chi connectivity index (χ4n) is 4.98. The Balaban J connectivity index is 1.56. The van der Waals surface area contributed by atoms with E-state index in [0.717, 1.165) is 24.0 Å². The van der Waals surface area contributed by atoms with Crippen molar-refractivity contribution in [2.24, 2.45) is 0 Å². The maximum atomic E-state index is 13.0. The number of fused-ring (bicyclic) bond motifs is 3. The summed E-state index contributed by atoms with van der Waals surface area (Å²) >= 11 is 0. The van der Waals surface area contributed by atoms with Crippen LogP contribution in [-0.4, -0.2) is 40.8 Å². The van der Waals surface area contributed by atoms with Crippen molar-refractivity contribution < 1.29 is 19.4 Å². The van der Waals surface area contributed by atoms with Crippen molar-refractivity contribution in [3.05, 3.63) is 59.7 Å². The van der Waals surface area contributed by atoms with Crippen LogP contribution in [0.4, 0.5) is 4.79 Å². The number of aliphatic carboxylic acids is 1. The fourth-order valence-corrected chi connectivity index (χ4v) is 4.98. The lowest BCUT2D eigenvalue weighted by molar-refractivity contribution is -0.153. The van der Waals surface area contributed by atoms with E-state index in [9.17, 15) is 14.7 Å². The van der Waals surface area contributed by atoms with Crippen LogP contribution in [0.15, 0.2) is 48.5 Å². The van der Waals surface area contributed by atoms with E-state index in [1.54, 1.807) is 0 Å². The Labute approximate surface area is 171 Å². The van der Waals surface area contributed by atoms with E-state index >= 15 is 0 Å². The molecule has 1 saturated heterocycles. The zero-order valence-corrected chi connectivity index (χ0v) is 16.8. The second-order valence-electron chi connectivity index (χ2n) is 8.00. The molecule has 2 aliphatic rings. The largest absolute Gasteiger partial charge is 0.479 e. The van der Waals surface area contributed by atoms with Gasteiger partial charge in [0.2, 0.25) is 0 Å². The molecule has 1 heterocycles. The average molecular weight is 393 g/mol. The van der Waals surface area contributed by atoms with Crippen molar-refractivity contribution >= 4 is 12.1 Å². The maximum Gasteiger partial charge on any atom is 0.410 e. The lowest BCUT2D eigenvalue weighted by atomic mass is 9.83. The number of hydrogen-bond acceptors (Lipinski definition) is 3. The number of ether oxygens (including phenoxy) is 1. The number of carboxylic acid groups (broad SMARTS) is 1. The molecule has 152 valence electrons.